The highest BCUT2D eigenvalue weighted by atomic mass is 16.6. The Bertz CT molecular complexity index is 550. The van der Waals surface area contributed by atoms with Crippen LogP contribution in [0.25, 0.3) is 0 Å². The predicted molar refractivity (Wildman–Crippen MR) is 110 cm³/mol. The lowest BCUT2D eigenvalue weighted by Crippen LogP contribution is -2.44. The van der Waals surface area contributed by atoms with Crippen molar-refractivity contribution in [3.05, 3.63) is 0 Å². The van der Waals surface area contributed by atoms with E-state index in [2.05, 4.69) is 0 Å². The van der Waals surface area contributed by atoms with Gasteiger partial charge in [-0.25, -0.2) is 0 Å². The Morgan fingerprint density at radius 1 is 1.10 bits per heavy atom. The minimum atomic E-state index is -1.68. The van der Waals surface area contributed by atoms with Crippen molar-refractivity contribution in [3.63, 3.8) is 0 Å². The normalized spacial score (nSPS) is 18.5. The minimum Gasteiger partial charge on any atom is -0.480 e. The van der Waals surface area contributed by atoms with Crippen molar-refractivity contribution in [2.45, 2.75) is 104 Å². The molecule has 1 fully saturated rings. The molecule has 0 aromatic carbocycles. The molecule has 0 saturated heterocycles. The number of nitrogens with two attached hydrogens (primary N) is 1. The molecule has 1 aliphatic rings. The van der Waals surface area contributed by atoms with Crippen LogP contribution in [0.4, 0.5) is 0 Å². The van der Waals surface area contributed by atoms with E-state index in [1.54, 1.807) is 27.7 Å². The van der Waals surface area contributed by atoms with Gasteiger partial charge in [-0.1, -0.05) is 44.9 Å². The molecule has 1 aliphatic carbocycles. The number of carboxylic acids is 1. The van der Waals surface area contributed by atoms with E-state index in [4.69, 9.17) is 15.2 Å². The van der Waals surface area contributed by atoms with Gasteiger partial charge in [-0.05, 0) is 52.9 Å². The highest BCUT2D eigenvalue weighted by Gasteiger charge is 2.47. The monoisotopic (exact) mass is 413 g/mol. The summed E-state index contributed by atoms with van der Waals surface area (Å²) in [4.78, 5) is 37.0. The molecule has 0 amide bonds. The molecule has 7 heteroatoms. The van der Waals surface area contributed by atoms with E-state index in [9.17, 15) is 19.5 Å². The Morgan fingerprint density at radius 3 is 2.24 bits per heavy atom. The molecule has 0 aliphatic heterocycles. The average molecular weight is 414 g/mol. The Hall–Kier alpha value is -1.63. The zero-order valence-corrected chi connectivity index (χ0v) is 18.5. The number of rotatable bonds is 11. The number of carbonyl (C=O) groups excluding carboxylic acids is 2. The van der Waals surface area contributed by atoms with Crippen LogP contribution in [0.5, 0.6) is 0 Å². The van der Waals surface area contributed by atoms with Gasteiger partial charge < -0.3 is 20.3 Å². The van der Waals surface area contributed by atoms with E-state index in [0.717, 1.165) is 6.42 Å². The third kappa shape index (κ3) is 8.33. The fraction of sp³-hybridized carbons (Fsp3) is 0.864. The molecule has 1 saturated carbocycles. The number of carboxylic acid groups (broad SMARTS) is 1. The summed E-state index contributed by atoms with van der Waals surface area (Å²) in [7, 11) is 0. The fourth-order valence-corrected chi connectivity index (χ4v) is 3.97. The maximum atomic E-state index is 12.6. The van der Waals surface area contributed by atoms with Gasteiger partial charge in [0.15, 0.2) is 5.41 Å². The summed E-state index contributed by atoms with van der Waals surface area (Å²) in [6.07, 6.45) is 7.78. The maximum absolute atomic E-state index is 12.6. The van der Waals surface area contributed by atoms with Crippen LogP contribution >= 0.6 is 0 Å². The average Bonchev–Trinajstić information content (AvgIpc) is 2.63. The summed E-state index contributed by atoms with van der Waals surface area (Å²) >= 11 is 0. The predicted octanol–water partition coefficient (Wildman–Crippen LogP) is 3.82. The summed E-state index contributed by atoms with van der Waals surface area (Å²) < 4.78 is 10.4. The van der Waals surface area contributed by atoms with Crippen LogP contribution < -0.4 is 5.73 Å². The van der Waals surface area contributed by atoms with Gasteiger partial charge in [0.05, 0.1) is 6.61 Å². The van der Waals surface area contributed by atoms with Gasteiger partial charge in [0.25, 0.3) is 0 Å². The number of esters is 2. The first-order chi connectivity index (χ1) is 13.5. The van der Waals surface area contributed by atoms with Crippen molar-refractivity contribution < 1.29 is 29.0 Å². The number of carbonyl (C=O) groups is 3. The summed E-state index contributed by atoms with van der Waals surface area (Å²) in [6.45, 7) is 6.97. The van der Waals surface area contributed by atoms with Crippen LogP contribution in [0.15, 0.2) is 0 Å². The first kappa shape index (κ1) is 25.4. The summed E-state index contributed by atoms with van der Waals surface area (Å²) in [5, 5.41) is 9.94. The Morgan fingerprint density at radius 2 is 1.72 bits per heavy atom. The van der Waals surface area contributed by atoms with Gasteiger partial charge in [0, 0.05) is 0 Å². The van der Waals surface area contributed by atoms with E-state index >= 15 is 0 Å². The lowest BCUT2D eigenvalue weighted by molar-refractivity contribution is -0.171. The van der Waals surface area contributed by atoms with Crippen molar-refractivity contribution in [2.24, 2.45) is 17.1 Å². The lowest BCUT2D eigenvalue weighted by Gasteiger charge is -2.30. The lowest BCUT2D eigenvalue weighted by atomic mass is 9.76. The van der Waals surface area contributed by atoms with Gasteiger partial charge in [-0.15, -0.1) is 0 Å². The second-order valence-corrected chi connectivity index (χ2v) is 9.18. The van der Waals surface area contributed by atoms with Gasteiger partial charge in [-0.2, -0.15) is 0 Å². The number of hydrogen-bond donors (Lipinski definition) is 2. The molecule has 0 aromatic rings. The zero-order chi connectivity index (χ0) is 22.1. The van der Waals surface area contributed by atoms with Gasteiger partial charge in [0.2, 0.25) is 0 Å². The van der Waals surface area contributed by atoms with Crippen molar-refractivity contribution in [1.29, 1.82) is 0 Å². The first-order valence-electron chi connectivity index (χ1n) is 10.9. The van der Waals surface area contributed by atoms with E-state index in [-0.39, 0.29) is 25.9 Å². The van der Waals surface area contributed by atoms with Crippen molar-refractivity contribution in [3.8, 4) is 0 Å². The Kier molecular flexibility index (Phi) is 10.1. The zero-order valence-electron chi connectivity index (χ0n) is 18.5. The molecule has 0 radical (unpaired) electrons. The van der Waals surface area contributed by atoms with Crippen molar-refractivity contribution in [2.75, 3.05) is 6.61 Å². The Labute approximate surface area is 174 Å². The SMILES string of the molecule is CCOC(=O)C(CCCC1CCCCC1)(CCC(N)C(=O)OC(C)(C)C)C(=O)O. The first-order valence-corrected chi connectivity index (χ1v) is 10.9. The molecule has 0 bridgehead atoms. The second-order valence-electron chi connectivity index (χ2n) is 9.18. The summed E-state index contributed by atoms with van der Waals surface area (Å²) in [5.41, 5.74) is 3.57. The molecule has 3 N–H and O–H groups in total. The molecular formula is C22H39NO6. The molecule has 1 rings (SSSR count). The van der Waals surface area contributed by atoms with Crippen LogP contribution in [-0.4, -0.2) is 41.3 Å². The summed E-state index contributed by atoms with van der Waals surface area (Å²) in [5.74, 6) is -1.95. The van der Waals surface area contributed by atoms with Gasteiger partial charge >= 0.3 is 17.9 Å². The number of ether oxygens (including phenoxy) is 2. The van der Waals surface area contributed by atoms with E-state index < -0.39 is 35.0 Å². The maximum Gasteiger partial charge on any atom is 0.323 e. The molecule has 7 nitrogen and oxygen atoms in total. The fourth-order valence-electron chi connectivity index (χ4n) is 3.97. The third-order valence-electron chi connectivity index (χ3n) is 5.61. The molecule has 2 unspecified atom stereocenters. The molecule has 0 heterocycles. The third-order valence-corrected chi connectivity index (χ3v) is 5.61. The smallest absolute Gasteiger partial charge is 0.323 e. The standard InChI is InChI=1S/C22H39NO6/c1-5-28-20(27)22(19(25)26,14-9-12-16-10-7-6-8-11-16)15-13-17(23)18(24)29-21(2,3)4/h16-17H,5-15,23H2,1-4H3,(H,25,26). The largest absolute Gasteiger partial charge is 0.480 e. The van der Waals surface area contributed by atoms with Crippen LogP contribution in [0.3, 0.4) is 0 Å². The molecule has 2 atom stereocenters. The molecular weight excluding hydrogens is 374 g/mol. The van der Waals surface area contributed by atoms with E-state index in [0.29, 0.717) is 12.3 Å². The highest BCUT2D eigenvalue weighted by Crippen LogP contribution is 2.36. The topological polar surface area (TPSA) is 116 Å². The van der Waals surface area contributed by atoms with E-state index in [1.165, 1.54) is 32.1 Å². The second kappa shape index (κ2) is 11.5. The van der Waals surface area contributed by atoms with Crippen LogP contribution in [0.2, 0.25) is 0 Å². The molecule has 168 valence electrons. The molecule has 0 aromatic heterocycles. The van der Waals surface area contributed by atoms with Crippen molar-refractivity contribution >= 4 is 17.9 Å². The van der Waals surface area contributed by atoms with Gasteiger partial charge in [-0.3, -0.25) is 14.4 Å². The highest BCUT2D eigenvalue weighted by molar-refractivity contribution is 5.99. The van der Waals surface area contributed by atoms with Crippen LogP contribution in [0, 0.1) is 11.3 Å². The number of hydrogen-bond acceptors (Lipinski definition) is 6. The number of aliphatic carboxylic acids is 1. The van der Waals surface area contributed by atoms with Crippen molar-refractivity contribution in [1.82, 2.24) is 0 Å². The summed E-state index contributed by atoms with van der Waals surface area (Å²) in [6, 6.07) is -0.985. The Balaban J connectivity index is 2.81. The molecule has 0 spiro atoms. The van der Waals surface area contributed by atoms with Crippen LogP contribution in [0.1, 0.15) is 91.9 Å². The quantitative estimate of drug-likeness (QED) is 0.391. The molecule has 29 heavy (non-hydrogen) atoms. The minimum absolute atomic E-state index is 0.0451. The van der Waals surface area contributed by atoms with Gasteiger partial charge in [0.1, 0.15) is 11.6 Å². The van der Waals surface area contributed by atoms with E-state index in [1.807, 2.05) is 0 Å². The van der Waals surface area contributed by atoms with Crippen LogP contribution in [-0.2, 0) is 23.9 Å².